The Kier molecular flexibility index (Phi) is 4.98. The normalized spacial score (nSPS) is 13.4. The molecule has 108 valence electrons. The molecule has 0 fully saturated rings. The largest absolute Gasteiger partial charge is 0.507 e. The smallest absolute Gasteiger partial charge is 0.416 e. The first kappa shape index (κ1) is 15.8. The van der Waals surface area contributed by atoms with Gasteiger partial charge in [-0.1, -0.05) is 0 Å². The van der Waals surface area contributed by atoms with Gasteiger partial charge < -0.3 is 10.8 Å². The first-order valence-electron chi connectivity index (χ1n) is 5.47. The topological polar surface area (TPSA) is 83.3 Å². The summed E-state index contributed by atoms with van der Waals surface area (Å²) in [4.78, 5) is 3.63. The second-order valence-electron chi connectivity index (χ2n) is 3.75. The number of benzene rings is 1. The number of azo groups is 1. The highest BCUT2D eigenvalue weighted by molar-refractivity contribution is 5.72. The van der Waals surface area contributed by atoms with Crippen LogP contribution < -0.4 is 5.73 Å². The van der Waals surface area contributed by atoms with E-state index in [9.17, 15) is 18.3 Å². The molecular weight excluding hydrogens is 273 g/mol. The quantitative estimate of drug-likeness (QED) is 0.658. The molecule has 1 rings (SSSR count). The number of halogens is 3. The summed E-state index contributed by atoms with van der Waals surface area (Å²) in [5.41, 5.74) is 4.70. The van der Waals surface area contributed by atoms with Gasteiger partial charge in [0.2, 0.25) is 0 Å². The third-order valence-corrected chi connectivity index (χ3v) is 2.41. The summed E-state index contributed by atoms with van der Waals surface area (Å²) in [5, 5.41) is 17.0. The molecule has 0 unspecified atom stereocenters. The van der Waals surface area contributed by atoms with E-state index >= 15 is 0 Å². The van der Waals surface area contributed by atoms with Crippen LogP contribution in [0.2, 0.25) is 0 Å². The van der Waals surface area contributed by atoms with Crippen LogP contribution >= 0.6 is 0 Å². The van der Waals surface area contributed by atoms with Crippen molar-refractivity contribution in [1.29, 1.82) is 0 Å². The predicted molar refractivity (Wildman–Crippen MR) is 69.2 cm³/mol. The molecule has 5 nitrogen and oxygen atoms in total. The van der Waals surface area contributed by atoms with Crippen molar-refractivity contribution in [3.8, 4) is 5.75 Å². The Morgan fingerprint density at radius 3 is 2.50 bits per heavy atom. The standard InChI is InChI=1S/C12H13F3N4O/c1-7(17-2)11(19-18-6-16)9-4-3-8(5-10(9)20)12(13,14)15/h3-5,20H,2,6,16H2,1H3/b11-7-,19-18?. The summed E-state index contributed by atoms with van der Waals surface area (Å²) in [6, 6.07) is 2.55. The maximum absolute atomic E-state index is 12.5. The van der Waals surface area contributed by atoms with E-state index in [1.807, 2.05) is 0 Å². The van der Waals surface area contributed by atoms with Crippen LogP contribution in [0, 0.1) is 0 Å². The molecule has 0 saturated heterocycles. The predicted octanol–water partition coefficient (Wildman–Crippen LogP) is 3.17. The van der Waals surface area contributed by atoms with Gasteiger partial charge in [0, 0.05) is 5.56 Å². The Morgan fingerprint density at radius 2 is 2.05 bits per heavy atom. The zero-order chi connectivity index (χ0) is 15.3. The van der Waals surface area contributed by atoms with Gasteiger partial charge in [0.15, 0.2) is 0 Å². The SMILES string of the molecule is C=N/C(C)=C(\N=NCN)c1ccc(C(F)(F)F)cc1O. The lowest BCUT2D eigenvalue weighted by Crippen LogP contribution is -2.04. The van der Waals surface area contributed by atoms with Gasteiger partial charge in [0.1, 0.15) is 18.1 Å². The summed E-state index contributed by atoms with van der Waals surface area (Å²) in [5.74, 6) is -0.575. The Bertz CT molecular complexity index is 564. The molecule has 0 aliphatic heterocycles. The van der Waals surface area contributed by atoms with Gasteiger partial charge in [-0.05, 0) is 31.8 Å². The summed E-state index contributed by atoms with van der Waals surface area (Å²) < 4.78 is 37.6. The highest BCUT2D eigenvalue weighted by Crippen LogP contribution is 2.36. The number of nitrogens with two attached hydrogens (primary N) is 1. The zero-order valence-corrected chi connectivity index (χ0v) is 10.6. The summed E-state index contributed by atoms with van der Waals surface area (Å²) >= 11 is 0. The lowest BCUT2D eigenvalue weighted by atomic mass is 10.1. The average molecular weight is 286 g/mol. The van der Waals surface area contributed by atoms with Crippen molar-refractivity contribution in [2.45, 2.75) is 13.1 Å². The fraction of sp³-hybridized carbons (Fsp3) is 0.250. The first-order valence-corrected chi connectivity index (χ1v) is 5.47. The van der Waals surface area contributed by atoms with Crippen LogP contribution in [0.15, 0.2) is 39.1 Å². The van der Waals surface area contributed by atoms with E-state index in [4.69, 9.17) is 5.73 Å². The fourth-order valence-corrected chi connectivity index (χ4v) is 1.42. The molecule has 0 amide bonds. The first-order chi connectivity index (χ1) is 9.31. The molecule has 3 N–H and O–H groups in total. The number of phenolic OH excluding ortho intramolecular Hbond substituents is 1. The van der Waals surface area contributed by atoms with Crippen molar-refractivity contribution in [3.05, 3.63) is 35.0 Å². The lowest BCUT2D eigenvalue weighted by Gasteiger charge is -2.10. The van der Waals surface area contributed by atoms with Crippen LogP contribution in [0.5, 0.6) is 5.75 Å². The van der Waals surface area contributed by atoms with Gasteiger partial charge in [0.25, 0.3) is 0 Å². The summed E-state index contributed by atoms with van der Waals surface area (Å²) in [7, 11) is 0. The molecule has 20 heavy (non-hydrogen) atoms. The molecule has 8 heteroatoms. The summed E-state index contributed by atoms with van der Waals surface area (Å²) in [6.45, 7) is 4.73. The van der Waals surface area contributed by atoms with Crippen LogP contribution in [0.25, 0.3) is 5.70 Å². The number of aliphatic imine (C=N–C) groups is 1. The molecule has 0 radical (unpaired) electrons. The molecule has 0 bridgehead atoms. The molecular formula is C12H13F3N4O. The van der Waals surface area contributed by atoms with E-state index in [1.165, 1.54) is 6.92 Å². The molecule has 0 heterocycles. The number of rotatable bonds is 4. The van der Waals surface area contributed by atoms with Crippen LogP contribution in [-0.4, -0.2) is 18.5 Å². The average Bonchev–Trinajstić information content (AvgIpc) is 2.39. The van der Waals surface area contributed by atoms with Gasteiger partial charge in [-0.15, -0.1) is 0 Å². The van der Waals surface area contributed by atoms with E-state index in [1.54, 1.807) is 0 Å². The molecule has 0 aliphatic rings. The van der Waals surface area contributed by atoms with Crippen LogP contribution in [0.3, 0.4) is 0 Å². The van der Waals surface area contributed by atoms with Gasteiger partial charge in [0.05, 0.1) is 11.3 Å². The van der Waals surface area contributed by atoms with Crippen molar-refractivity contribution in [2.24, 2.45) is 21.0 Å². The van der Waals surface area contributed by atoms with Gasteiger partial charge in [-0.25, -0.2) is 0 Å². The highest BCUT2D eigenvalue weighted by atomic mass is 19.4. The van der Waals surface area contributed by atoms with Gasteiger partial charge in [-0.2, -0.15) is 23.4 Å². The second kappa shape index (κ2) is 6.29. The minimum atomic E-state index is -4.54. The number of alkyl halides is 3. The van der Waals surface area contributed by atoms with Gasteiger partial charge >= 0.3 is 6.18 Å². The van der Waals surface area contributed by atoms with E-state index < -0.39 is 17.5 Å². The third-order valence-electron chi connectivity index (χ3n) is 2.41. The number of nitrogens with zero attached hydrogens (tertiary/aromatic N) is 3. The Labute approximate surface area is 113 Å². The van der Waals surface area contributed by atoms with Crippen molar-refractivity contribution in [2.75, 3.05) is 6.67 Å². The van der Waals surface area contributed by atoms with Crippen LogP contribution in [0.4, 0.5) is 13.2 Å². The van der Waals surface area contributed by atoms with Crippen molar-refractivity contribution in [1.82, 2.24) is 0 Å². The molecule has 1 aromatic rings. The minimum Gasteiger partial charge on any atom is -0.507 e. The molecule has 0 aliphatic carbocycles. The van der Waals surface area contributed by atoms with Gasteiger partial charge in [-0.3, -0.25) is 4.99 Å². The third kappa shape index (κ3) is 3.64. The maximum Gasteiger partial charge on any atom is 0.416 e. The molecule has 0 aromatic heterocycles. The molecule has 0 saturated carbocycles. The van der Waals surface area contributed by atoms with E-state index in [0.29, 0.717) is 11.8 Å². The zero-order valence-electron chi connectivity index (χ0n) is 10.6. The number of allylic oxidation sites excluding steroid dienone is 1. The van der Waals surface area contributed by atoms with Crippen molar-refractivity contribution in [3.63, 3.8) is 0 Å². The van der Waals surface area contributed by atoms with Crippen molar-refractivity contribution < 1.29 is 18.3 Å². The van der Waals surface area contributed by atoms with Crippen LogP contribution in [0.1, 0.15) is 18.1 Å². The Balaban J connectivity index is 3.37. The fourth-order valence-electron chi connectivity index (χ4n) is 1.42. The second-order valence-corrected chi connectivity index (χ2v) is 3.75. The molecule has 0 spiro atoms. The van der Waals surface area contributed by atoms with E-state index in [-0.39, 0.29) is 17.9 Å². The minimum absolute atomic E-state index is 0.0695. The Morgan fingerprint density at radius 1 is 1.40 bits per heavy atom. The number of hydrogen-bond acceptors (Lipinski definition) is 5. The molecule has 1 aromatic carbocycles. The summed E-state index contributed by atoms with van der Waals surface area (Å²) in [6.07, 6.45) is -4.54. The van der Waals surface area contributed by atoms with E-state index in [0.717, 1.165) is 12.1 Å². The van der Waals surface area contributed by atoms with Crippen molar-refractivity contribution >= 4 is 12.4 Å². The van der Waals surface area contributed by atoms with E-state index in [2.05, 4.69) is 21.9 Å². The highest BCUT2D eigenvalue weighted by Gasteiger charge is 2.31. The lowest BCUT2D eigenvalue weighted by molar-refractivity contribution is -0.137. The number of aromatic hydroxyl groups is 1. The monoisotopic (exact) mass is 286 g/mol. The maximum atomic E-state index is 12.5. The molecule has 0 atom stereocenters. The van der Waals surface area contributed by atoms with Crippen LogP contribution in [-0.2, 0) is 6.18 Å². The number of phenols is 1. The Hall–Kier alpha value is -2.22. The number of hydrogen-bond donors (Lipinski definition) is 2.